The first-order chi connectivity index (χ1) is 14.5. The molecule has 4 rings (SSSR count). The number of carbonyl (C=O) groups is 1. The van der Waals surface area contributed by atoms with Crippen molar-refractivity contribution in [2.24, 2.45) is 7.05 Å². The maximum Gasteiger partial charge on any atom is 0.256 e. The number of hydrogen-bond donors (Lipinski definition) is 2. The molecule has 1 aliphatic rings. The number of benzene rings is 1. The van der Waals surface area contributed by atoms with Crippen molar-refractivity contribution in [3.63, 3.8) is 0 Å². The summed E-state index contributed by atoms with van der Waals surface area (Å²) in [6.45, 7) is 3.91. The highest BCUT2D eigenvalue weighted by molar-refractivity contribution is 7.99. The van der Waals surface area contributed by atoms with Gasteiger partial charge < -0.3 is 15.4 Å². The first kappa shape index (κ1) is 20.0. The fourth-order valence-corrected chi connectivity index (χ4v) is 4.03. The third-order valence-corrected chi connectivity index (χ3v) is 5.57. The third-order valence-electron chi connectivity index (χ3n) is 4.85. The second-order valence-corrected chi connectivity index (χ2v) is 7.93. The number of thioether (sulfide) groups is 1. The highest BCUT2D eigenvalue weighted by Gasteiger charge is 2.36. The highest BCUT2D eigenvalue weighted by Crippen LogP contribution is 2.37. The predicted molar refractivity (Wildman–Crippen MR) is 116 cm³/mol. The standard InChI is InChI=1S/C20H23N7O2S/c1-5-30-20-24-19-22-12(2)16(17(27(19)25-20)14-10-11-21-26(14)3)18(28)23-13-8-6-7-9-15(13)29-4/h6-11,17H,5H2,1-4H3,(H,23,28)(H,22,24,25). The van der Waals surface area contributed by atoms with Crippen LogP contribution in [-0.4, -0.2) is 43.3 Å². The summed E-state index contributed by atoms with van der Waals surface area (Å²) < 4.78 is 8.87. The Kier molecular flexibility index (Phi) is 5.49. The number of methoxy groups -OCH3 is 1. The van der Waals surface area contributed by atoms with Crippen molar-refractivity contribution in [1.82, 2.24) is 24.5 Å². The third kappa shape index (κ3) is 3.54. The van der Waals surface area contributed by atoms with Crippen LogP contribution >= 0.6 is 11.8 Å². The molecule has 2 aromatic heterocycles. The van der Waals surface area contributed by atoms with E-state index in [0.717, 1.165) is 11.4 Å². The quantitative estimate of drug-likeness (QED) is 0.586. The molecular weight excluding hydrogens is 402 g/mol. The van der Waals surface area contributed by atoms with Crippen LogP contribution in [0.25, 0.3) is 0 Å². The summed E-state index contributed by atoms with van der Waals surface area (Å²) in [5, 5.41) is 15.8. The fourth-order valence-electron chi connectivity index (χ4n) is 3.48. The minimum absolute atomic E-state index is 0.249. The van der Waals surface area contributed by atoms with Crippen LogP contribution in [0, 0.1) is 0 Å². The van der Waals surface area contributed by atoms with Gasteiger partial charge in [-0.3, -0.25) is 9.48 Å². The molecule has 1 aliphatic heterocycles. The van der Waals surface area contributed by atoms with Gasteiger partial charge in [0.1, 0.15) is 11.8 Å². The molecule has 0 spiro atoms. The Balaban J connectivity index is 1.78. The van der Waals surface area contributed by atoms with Crippen molar-refractivity contribution >= 4 is 29.3 Å². The number of allylic oxidation sites excluding steroid dienone is 1. The van der Waals surface area contributed by atoms with Gasteiger partial charge in [-0.2, -0.15) is 10.1 Å². The fraction of sp³-hybridized carbons (Fsp3) is 0.300. The lowest BCUT2D eigenvalue weighted by molar-refractivity contribution is -0.113. The number of hydrogen-bond acceptors (Lipinski definition) is 7. The number of rotatable bonds is 6. The van der Waals surface area contributed by atoms with Crippen molar-refractivity contribution in [1.29, 1.82) is 0 Å². The van der Waals surface area contributed by atoms with Gasteiger partial charge in [-0.1, -0.05) is 30.8 Å². The van der Waals surface area contributed by atoms with Gasteiger partial charge in [0, 0.05) is 18.9 Å². The van der Waals surface area contributed by atoms with Gasteiger partial charge >= 0.3 is 0 Å². The lowest BCUT2D eigenvalue weighted by Crippen LogP contribution is -2.32. The van der Waals surface area contributed by atoms with Gasteiger partial charge in [0.15, 0.2) is 0 Å². The van der Waals surface area contributed by atoms with E-state index in [1.807, 2.05) is 39.1 Å². The topological polar surface area (TPSA) is 98.9 Å². The van der Waals surface area contributed by atoms with Gasteiger partial charge in [0.05, 0.1) is 24.1 Å². The van der Waals surface area contributed by atoms with Crippen LogP contribution in [0.4, 0.5) is 11.6 Å². The van der Waals surface area contributed by atoms with Crippen LogP contribution in [0.1, 0.15) is 25.6 Å². The summed E-state index contributed by atoms with van der Waals surface area (Å²) in [5.41, 5.74) is 2.68. The minimum atomic E-state index is -0.470. The van der Waals surface area contributed by atoms with Gasteiger partial charge in [-0.05, 0) is 30.9 Å². The van der Waals surface area contributed by atoms with Crippen molar-refractivity contribution in [2.45, 2.75) is 25.0 Å². The van der Waals surface area contributed by atoms with Gasteiger partial charge in [-0.15, -0.1) is 5.10 Å². The Hall–Kier alpha value is -3.27. The molecule has 0 aliphatic carbocycles. The van der Waals surface area contributed by atoms with E-state index >= 15 is 0 Å². The summed E-state index contributed by atoms with van der Waals surface area (Å²) in [7, 11) is 3.42. The number of nitrogens with zero attached hydrogens (tertiary/aromatic N) is 5. The van der Waals surface area contributed by atoms with Crippen LogP contribution in [-0.2, 0) is 11.8 Å². The number of ether oxygens (including phenoxy) is 1. The molecule has 30 heavy (non-hydrogen) atoms. The van der Waals surface area contributed by atoms with Crippen LogP contribution < -0.4 is 15.4 Å². The largest absolute Gasteiger partial charge is 0.495 e. The van der Waals surface area contributed by atoms with Crippen molar-refractivity contribution < 1.29 is 9.53 Å². The van der Waals surface area contributed by atoms with E-state index in [2.05, 4.69) is 25.8 Å². The van der Waals surface area contributed by atoms with E-state index in [1.54, 1.807) is 46.6 Å². The first-order valence-electron chi connectivity index (χ1n) is 9.52. The maximum absolute atomic E-state index is 13.4. The molecule has 0 bridgehead atoms. The number of carbonyl (C=O) groups excluding carboxylic acids is 1. The molecule has 2 N–H and O–H groups in total. The van der Waals surface area contributed by atoms with Gasteiger partial charge in [-0.25, -0.2) is 4.68 Å². The second-order valence-electron chi connectivity index (χ2n) is 6.70. The molecule has 9 nitrogen and oxygen atoms in total. The van der Waals surface area contributed by atoms with E-state index < -0.39 is 6.04 Å². The average Bonchev–Trinajstić information content (AvgIpc) is 3.33. The molecular formula is C20H23N7O2S. The molecule has 0 fully saturated rings. The zero-order valence-corrected chi connectivity index (χ0v) is 18.0. The zero-order valence-electron chi connectivity index (χ0n) is 17.2. The molecule has 1 atom stereocenters. The van der Waals surface area contributed by atoms with E-state index in [4.69, 9.17) is 4.74 Å². The van der Waals surface area contributed by atoms with Crippen molar-refractivity contribution in [3.05, 3.63) is 53.5 Å². The number of anilines is 2. The van der Waals surface area contributed by atoms with E-state index in [0.29, 0.717) is 33.8 Å². The number of nitrogens with one attached hydrogen (secondary N) is 2. The minimum Gasteiger partial charge on any atom is -0.495 e. The molecule has 3 aromatic rings. The lowest BCUT2D eigenvalue weighted by Gasteiger charge is -2.28. The summed E-state index contributed by atoms with van der Waals surface area (Å²) in [6.07, 6.45) is 1.71. The van der Waals surface area contributed by atoms with Crippen LogP contribution in [0.3, 0.4) is 0 Å². The molecule has 0 saturated heterocycles. The number of fused-ring (bicyclic) bond motifs is 1. The van der Waals surface area contributed by atoms with Gasteiger partial charge in [0.25, 0.3) is 5.91 Å². The normalized spacial score (nSPS) is 15.5. The summed E-state index contributed by atoms with van der Waals surface area (Å²) in [4.78, 5) is 18.0. The SMILES string of the molecule is CCSc1nc2n(n1)C(c1ccnn1C)C(C(=O)Nc1ccccc1OC)=C(C)N2. The Labute approximate surface area is 178 Å². The number of aromatic nitrogens is 5. The number of amides is 1. The molecule has 3 heterocycles. The molecule has 156 valence electrons. The van der Waals surface area contributed by atoms with Crippen LogP contribution in [0.5, 0.6) is 5.75 Å². The molecule has 1 amide bonds. The van der Waals surface area contributed by atoms with E-state index in [1.165, 1.54) is 0 Å². The van der Waals surface area contributed by atoms with Crippen molar-refractivity contribution in [2.75, 3.05) is 23.5 Å². The Morgan fingerprint density at radius 2 is 2.13 bits per heavy atom. The van der Waals surface area contributed by atoms with Crippen molar-refractivity contribution in [3.8, 4) is 5.75 Å². The zero-order chi connectivity index (χ0) is 21.3. The molecule has 0 saturated carbocycles. The Morgan fingerprint density at radius 3 is 2.83 bits per heavy atom. The summed E-state index contributed by atoms with van der Waals surface area (Å²) >= 11 is 1.55. The Bertz CT molecular complexity index is 1120. The number of para-hydroxylation sites is 2. The maximum atomic E-state index is 13.4. The van der Waals surface area contributed by atoms with Crippen LogP contribution in [0.15, 0.2) is 53.0 Å². The molecule has 10 heteroatoms. The lowest BCUT2D eigenvalue weighted by atomic mass is 9.99. The summed E-state index contributed by atoms with van der Waals surface area (Å²) in [6, 6.07) is 8.73. The molecule has 0 radical (unpaired) electrons. The Morgan fingerprint density at radius 1 is 1.33 bits per heavy atom. The van der Waals surface area contributed by atoms with Crippen LogP contribution in [0.2, 0.25) is 0 Å². The highest BCUT2D eigenvalue weighted by atomic mass is 32.2. The van der Waals surface area contributed by atoms with E-state index in [9.17, 15) is 4.79 Å². The predicted octanol–water partition coefficient (Wildman–Crippen LogP) is 3.06. The number of aryl methyl sites for hydroxylation is 1. The molecule has 1 unspecified atom stereocenters. The molecule has 1 aromatic carbocycles. The average molecular weight is 426 g/mol. The monoisotopic (exact) mass is 425 g/mol. The van der Waals surface area contributed by atoms with E-state index in [-0.39, 0.29) is 5.91 Å². The van der Waals surface area contributed by atoms with Gasteiger partial charge in [0.2, 0.25) is 11.1 Å². The first-order valence-corrected chi connectivity index (χ1v) is 10.5. The summed E-state index contributed by atoms with van der Waals surface area (Å²) in [5.74, 6) is 1.80. The second kappa shape index (κ2) is 8.23. The smallest absolute Gasteiger partial charge is 0.256 e.